The standard InChI is InChI=1S/C12H16FNO3/c1-3-14-12(2,11(15)16)8-17-10-7-5-4-6-9(10)13/h4-7,14H,3,8H2,1-2H3,(H,15,16). The minimum atomic E-state index is -1.23. The van der Waals surface area contributed by atoms with Crippen molar-refractivity contribution in [3.05, 3.63) is 30.1 Å². The Labute approximate surface area is 99.4 Å². The van der Waals surface area contributed by atoms with Gasteiger partial charge in [-0.2, -0.15) is 0 Å². The van der Waals surface area contributed by atoms with E-state index in [0.717, 1.165) is 0 Å². The largest absolute Gasteiger partial charge is 0.488 e. The Balaban J connectivity index is 2.71. The van der Waals surface area contributed by atoms with Crippen molar-refractivity contribution in [2.75, 3.05) is 13.2 Å². The first-order valence-electron chi connectivity index (χ1n) is 5.35. The molecule has 0 saturated heterocycles. The van der Waals surface area contributed by atoms with Gasteiger partial charge in [0.25, 0.3) is 0 Å². The molecule has 1 unspecified atom stereocenters. The number of ether oxygens (including phenoxy) is 1. The summed E-state index contributed by atoms with van der Waals surface area (Å²) in [5, 5.41) is 11.9. The summed E-state index contributed by atoms with van der Waals surface area (Å²) >= 11 is 0. The molecule has 4 nitrogen and oxygen atoms in total. The van der Waals surface area contributed by atoms with E-state index in [1.165, 1.54) is 19.1 Å². The number of carbonyl (C=O) groups is 1. The van der Waals surface area contributed by atoms with E-state index in [1.807, 2.05) is 0 Å². The maximum atomic E-state index is 13.3. The lowest BCUT2D eigenvalue weighted by atomic mass is 10.0. The summed E-state index contributed by atoms with van der Waals surface area (Å²) in [6.45, 7) is 3.64. The topological polar surface area (TPSA) is 58.6 Å². The van der Waals surface area contributed by atoms with Gasteiger partial charge in [-0.05, 0) is 25.6 Å². The zero-order valence-electron chi connectivity index (χ0n) is 9.87. The Morgan fingerprint density at radius 2 is 2.18 bits per heavy atom. The quantitative estimate of drug-likeness (QED) is 0.795. The summed E-state index contributed by atoms with van der Waals surface area (Å²) in [5.74, 6) is -1.48. The molecule has 0 radical (unpaired) electrons. The van der Waals surface area contributed by atoms with Crippen LogP contribution in [0.1, 0.15) is 13.8 Å². The van der Waals surface area contributed by atoms with E-state index in [9.17, 15) is 9.18 Å². The SMILES string of the molecule is CCNC(C)(COc1ccccc1F)C(=O)O. The van der Waals surface area contributed by atoms with Gasteiger partial charge >= 0.3 is 5.97 Å². The Kier molecular flexibility index (Phi) is 4.45. The second-order valence-corrected chi connectivity index (χ2v) is 3.89. The zero-order chi connectivity index (χ0) is 12.9. The third-order valence-corrected chi connectivity index (χ3v) is 2.39. The molecule has 0 aliphatic carbocycles. The van der Waals surface area contributed by atoms with Gasteiger partial charge in [-0.15, -0.1) is 0 Å². The fourth-order valence-electron chi connectivity index (χ4n) is 1.36. The zero-order valence-corrected chi connectivity index (χ0v) is 9.87. The number of rotatable bonds is 6. The van der Waals surface area contributed by atoms with Gasteiger partial charge < -0.3 is 9.84 Å². The van der Waals surface area contributed by atoms with Crippen molar-refractivity contribution in [3.8, 4) is 5.75 Å². The smallest absolute Gasteiger partial charge is 0.327 e. The minimum absolute atomic E-state index is 0.0536. The molecule has 0 spiro atoms. The summed E-state index contributed by atoms with van der Waals surface area (Å²) in [6, 6.07) is 5.90. The van der Waals surface area contributed by atoms with E-state index in [0.29, 0.717) is 6.54 Å². The molecule has 0 saturated carbocycles. The maximum absolute atomic E-state index is 13.3. The molecule has 0 bridgehead atoms. The lowest BCUT2D eigenvalue weighted by Gasteiger charge is -2.25. The molecule has 94 valence electrons. The van der Waals surface area contributed by atoms with Gasteiger partial charge in [-0.1, -0.05) is 19.1 Å². The van der Waals surface area contributed by atoms with Gasteiger partial charge in [-0.3, -0.25) is 10.1 Å². The molecule has 0 aromatic heterocycles. The highest BCUT2D eigenvalue weighted by Crippen LogP contribution is 2.17. The Morgan fingerprint density at radius 1 is 1.53 bits per heavy atom. The molecule has 0 amide bonds. The molecule has 0 heterocycles. The summed E-state index contributed by atoms with van der Waals surface area (Å²) in [6.07, 6.45) is 0. The number of aliphatic carboxylic acids is 1. The summed E-state index contributed by atoms with van der Waals surface area (Å²) in [5.41, 5.74) is -1.23. The van der Waals surface area contributed by atoms with Crippen LogP contribution in [-0.4, -0.2) is 29.8 Å². The Bertz CT molecular complexity index is 397. The first-order chi connectivity index (χ1) is 7.99. The Morgan fingerprint density at radius 3 is 2.71 bits per heavy atom. The van der Waals surface area contributed by atoms with Gasteiger partial charge in [0.05, 0.1) is 0 Å². The fraction of sp³-hybridized carbons (Fsp3) is 0.417. The number of hydrogen-bond donors (Lipinski definition) is 2. The number of para-hydroxylation sites is 1. The normalized spacial score (nSPS) is 14.1. The van der Waals surface area contributed by atoms with Crippen molar-refractivity contribution in [2.45, 2.75) is 19.4 Å². The molecule has 2 N–H and O–H groups in total. The highest BCUT2D eigenvalue weighted by atomic mass is 19.1. The molecular weight excluding hydrogens is 225 g/mol. The van der Waals surface area contributed by atoms with Gasteiger partial charge in [-0.25, -0.2) is 4.39 Å². The first kappa shape index (κ1) is 13.4. The predicted octanol–water partition coefficient (Wildman–Crippen LogP) is 1.66. The molecule has 0 aliphatic heterocycles. The van der Waals surface area contributed by atoms with Crippen LogP contribution >= 0.6 is 0 Å². The van der Waals surface area contributed by atoms with Gasteiger partial charge in [0, 0.05) is 0 Å². The number of benzene rings is 1. The van der Waals surface area contributed by atoms with Crippen molar-refractivity contribution in [2.24, 2.45) is 0 Å². The van der Waals surface area contributed by atoms with Crippen molar-refractivity contribution in [3.63, 3.8) is 0 Å². The van der Waals surface area contributed by atoms with Crippen molar-refractivity contribution >= 4 is 5.97 Å². The number of halogens is 1. The second-order valence-electron chi connectivity index (χ2n) is 3.89. The van der Waals surface area contributed by atoms with Crippen LogP contribution in [0.2, 0.25) is 0 Å². The second kappa shape index (κ2) is 5.63. The van der Waals surface area contributed by atoms with E-state index in [2.05, 4.69) is 5.32 Å². The minimum Gasteiger partial charge on any atom is -0.488 e. The monoisotopic (exact) mass is 241 g/mol. The molecule has 1 atom stereocenters. The fourth-order valence-corrected chi connectivity index (χ4v) is 1.36. The lowest BCUT2D eigenvalue weighted by Crippen LogP contribution is -2.53. The molecule has 1 aromatic carbocycles. The van der Waals surface area contributed by atoms with Crippen LogP contribution in [0.3, 0.4) is 0 Å². The average Bonchev–Trinajstić information content (AvgIpc) is 2.28. The molecule has 0 fully saturated rings. The molecule has 1 aromatic rings. The average molecular weight is 241 g/mol. The molecule has 0 aliphatic rings. The highest BCUT2D eigenvalue weighted by molar-refractivity contribution is 5.78. The molecule has 1 rings (SSSR count). The summed E-state index contributed by atoms with van der Waals surface area (Å²) in [4.78, 5) is 11.1. The van der Waals surface area contributed by atoms with E-state index in [-0.39, 0.29) is 12.4 Å². The molecule has 5 heteroatoms. The molecular formula is C12H16FNO3. The van der Waals surface area contributed by atoms with Crippen LogP contribution in [0.25, 0.3) is 0 Å². The van der Waals surface area contributed by atoms with Gasteiger partial charge in [0.15, 0.2) is 11.6 Å². The van der Waals surface area contributed by atoms with Gasteiger partial charge in [0.1, 0.15) is 12.1 Å². The van der Waals surface area contributed by atoms with E-state index in [1.54, 1.807) is 19.1 Å². The third kappa shape index (κ3) is 3.42. The highest BCUT2D eigenvalue weighted by Gasteiger charge is 2.33. The van der Waals surface area contributed by atoms with Crippen LogP contribution in [0.15, 0.2) is 24.3 Å². The number of nitrogens with one attached hydrogen (secondary N) is 1. The van der Waals surface area contributed by atoms with Gasteiger partial charge in [0.2, 0.25) is 0 Å². The van der Waals surface area contributed by atoms with Crippen LogP contribution in [-0.2, 0) is 4.79 Å². The van der Waals surface area contributed by atoms with Crippen LogP contribution in [0.5, 0.6) is 5.75 Å². The van der Waals surface area contributed by atoms with Crippen molar-refractivity contribution in [1.82, 2.24) is 5.32 Å². The van der Waals surface area contributed by atoms with Crippen LogP contribution in [0.4, 0.5) is 4.39 Å². The lowest BCUT2D eigenvalue weighted by molar-refractivity contribution is -0.145. The summed E-state index contributed by atoms with van der Waals surface area (Å²) < 4.78 is 18.5. The van der Waals surface area contributed by atoms with Crippen LogP contribution < -0.4 is 10.1 Å². The first-order valence-corrected chi connectivity index (χ1v) is 5.35. The van der Waals surface area contributed by atoms with E-state index < -0.39 is 17.3 Å². The summed E-state index contributed by atoms with van der Waals surface area (Å²) in [7, 11) is 0. The van der Waals surface area contributed by atoms with Crippen molar-refractivity contribution < 1.29 is 19.0 Å². The number of carboxylic acids is 1. The number of likely N-dealkylation sites (N-methyl/N-ethyl adjacent to an activating group) is 1. The molecule has 17 heavy (non-hydrogen) atoms. The number of hydrogen-bond acceptors (Lipinski definition) is 3. The van der Waals surface area contributed by atoms with E-state index >= 15 is 0 Å². The van der Waals surface area contributed by atoms with Crippen LogP contribution in [0, 0.1) is 5.82 Å². The van der Waals surface area contributed by atoms with E-state index in [4.69, 9.17) is 9.84 Å². The third-order valence-electron chi connectivity index (χ3n) is 2.39. The maximum Gasteiger partial charge on any atom is 0.327 e. The van der Waals surface area contributed by atoms with Crippen molar-refractivity contribution in [1.29, 1.82) is 0 Å². The Hall–Kier alpha value is -1.62. The number of carboxylic acid groups (broad SMARTS) is 1. The predicted molar refractivity (Wildman–Crippen MR) is 61.6 cm³/mol.